The largest absolute Gasteiger partial charge is 0.307 e. The van der Waals surface area contributed by atoms with Crippen molar-refractivity contribution >= 4 is 28.1 Å². The highest BCUT2D eigenvalue weighted by molar-refractivity contribution is 8.00. The van der Waals surface area contributed by atoms with Crippen molar-refractivity contribution in [2.24, 2.45) is 0 Å². The highest BCUT2D eigenvalue weighted by Crippen LogP contribution is 2.29. The van der Waals surface area contributed by atoms with Gasteiger partial charge in [-0.25, -0.2) is 0 Å². The second kappa shape index (κ2) is 5.98. The quantitative estimate of drug-likeness (QED) is 0.744. The van der Waals surface area contributed by atoms with Crippen molar-refractivity contribution in [1.82, 2.24) is 25.1 Å². The normalized spacial score (nSPS) is 18.3. The molecule has 5 nitrogen and oxygen atoms in total. The zero-order valence-electron chi connectivity index (χ0n) is 12.3. The van der Waals surface area contributed by atoms with Crippen LogP contribution in [-0.2, 0) is 5.75 Å². The van der Waals surface area contributed by atoms with Crippen molar-refractivity contribution in [1.29, 1.82) is 0 Å². The summed E-state index contributed by atoms with van der Waals surface area (Å²) < 4.78 is 2.95. The number of hydrogen-bond acceptors (Lipinski definition) is 6. The summed E-state index contributed by atoms with van der Waals surface area (Å²) in [6.45, 7) is 3.16. The van der Waals surface area contributed by atoms with Crippen molar-refractivity contribution in [3.8, 4) is 0 Å². The molecule has 7 heteroatoms. The molecule has 1 atom stereocenters. The van der Waals surface area contributed by atoms with E-state index in [1.54, 1.807) is 23.1 Å². The minimum atomic E-state index is 0.298. The first-order chi connectivity index (χ1) is 10.8. The van der Waals surface area contributed by atoms with Gasteiger partial charge < -0.3 is 5.32 Å². The Morgan fingerprint density at radius 1 is 1.32 bits per heavy atom. The summed E-state index contributed by atoms with van der Waals surface area (Å²) in [5.74, 6) is 1.88. The van der Waals surface area contributed by atoms with E-state index in [0.717, 1.165) is 33.8 Å². The lowest BCUT2D eigenvalue weighted by Crippen LogP contribution is -2.16. The Labute approximate surface area is 137 Å². The number of aryl methyl sites for hydroxylation is 1. The van der Waals surface area contributed by atoms with Crippen LogP contribution in [0.2, 0.25) is 0 Å². The van der Waals surface area contributed by atoms with Crippen molar-refractivity contribution in [3.63, 3.8) is 0 Å². The van der Waals surface area contributed by atoms with E-state index in [0.29, 0.717) is 6.04 Å². The fraction of sp³-hybridized carbons (Fsp3) is 0.400. The molecule has 0 aliphatic carbocycles. The predicted molar refractivity (Wildman–Crippen MR) is 89.4 cm³/mol. The summed E-state index contributed by atoms with van der Waals surface area (Å²) in [7, 11) is 0. The van der Waals surface area contributed by atoms with E-state index in [4.69, 9.17) is 0 Å². The van der Waals surface area contributed by atoms with Crippen LogP contribution in [0.1, 0.15) is 35.8 Å². The van der Waals surface area contributed by atoms with Crippen LogP contribution < -0.4 is 5.32 Å². The van der Waals surface area contributed by atoms with Crippen LogP contribution in [0.4, 0.5) is 0 Å². The lowest BCUT2D eigenvalue weighted by Gasteiger charge is -2.04. The number of rotatable bonds is 4. The summed E-state index contributed by atoms with van der Waals surface area (Å²) in [4.78, 5) is 0.884. The van der Waals surface area contributed by atoms with Gasteiger partial charge in [0.15, 0.2) is 10.2 Å². The van der Waals surface area contributed by atoms with Gasteiger partial charge in [-0.05, 0) is 31.9 Å². The molecule has 0 amide bonds. The zero-order chi connectivity index (χ0) is 14.9. The molecule has 0 bridgehead atoms. The third-order valence-electron chi connectivity index (χ3n) is 3.85. The Hall–Kier alpha value is -1.44. The summed E-state index contributed by atoms with van der Waals surface area (Å²) in [6.07, 6.45) is 2.31. The monoisotopic (exact) mass is 331 g/mol. The first kappa shape index (κ1) is 14.2. The number of aromatic nitrogens is 4. The maximum atomic E-state index is 4.68. The molecule has 3 aromatic rings. The topological polar surface area (TPSA) is 55.1 Å². The highest BCUT2D eigenvalue weighted by atomic mass is 32.2. The summed E-state index contributed by atoms with van der Waals surface area (Å²) in [5.41, 5.74) is 2.61. The van der Waals surface area contributed by atoms with E-state index >= 15 is 0 Å². The number of benzene rings is 1. The number of fused-ring (bicyclic) bond motifs is 1. The molecule has 0 saturated carbocycles. The van der Waals surface area contributed by atoms with Gasteiger partial charge in [-0.15, -0.1) is 15.3 Å². The SMILES string of the molecule is Cc1ccc(CSc2nn3c(C4CCCN4)nnc3s2)cc1. The van der Waals surface area contributed by atoms with Crippen LogP contribution >= 0.6 is 23.1 Å². The van der Waals surface area contributed by atoms with Crippen LogP contribution in [0.5, 0.6) is 0 Å². The lowest BCUT2D eigenvalue weighted by atomic mass is 10.2. The molecule has 0 spiro atoms. The average Bonchev–Trinajstić information content (AvgIpc) is 3.22. The Kier molecular flexibility index (Phi) is 3.85. The van der Waals surface area contributed by atoms with Crippen LogP contribution in [0.25, 0.3) is 4.96 Å². The van der Waals surface area contributed by atoms with Crippen molar-refractivity contribution < 1.29 is 0 Å². The molecule has 114 valence electrons. The minimum absolute atomic E-state index is 0.298. The van der Waals surface area contributed by atoms with Gasteiger partial charge in [0.25, 0.3) is 0 Å². The van der Waals surface area contributed by atoms with Gasteiger partial charge >= 0.3 is 0 Å². The van der Waals surface area contributed by atoms with E-state index < -0.39 is 0 Å². The van der Waals surface area contributed by atoms with Gasteiger partial charge in [-0.1, -0.05) is 52.9 Å². The van der Waals surface area contributed by atoms with Gasteiger partial charge in [0, 0.05) is 5.75 Å². The Morgan fingerprint density at radius 2 is 2.18 bits per heavy atom. The molecule has 1 saturated heterocycles. The third-order valence-corrected chi connectivity index (χ3v) is 5.95. The average molecular weight is 331 g/mol. The fourth-order valence-corrected chi connectivity index (χ4v) is 4.46. The summed E-state index contributed by atoms with van der Waals surface area (Å²) in [6, 6.07) is 8.95. The standard InChI is InChI=1S/C15H17N5S2/c1-10-4-6-11(7-5-10)9-21-15-19-20-13(12-3-2-8-16-12)17-18-14(20)22-15/h4-7,12,16H,2-3,8-9H2,1H3. The maximum absolute atomic E-state index is 4.68. The second-order valence-electron chi connectivity index (χ2n) is 5.54. The molecule has 1 unspecified atom stereocenters. The van der Waals surface area contributed by atoms with Crippen LogP contribution in [0.15, 0.2) is 28.6 Å². The van der Waals surface area contributed by atoms with E-state index in [1.165, 1.54) is 17.5 Å². The third kappa shape index (κ3) is 2.76. The number of nitrogens with one attached hydrogen (secondary N) is 1. The van der Waals surface area contributed by atoms with Gasteiger partial charge in [0.2, 0.25) is 4.96 Å². The Morgan fingerprint density at radius 3 is 2.95 bits per heavy atom. The van der Waals surface area contributed by atoms with E-state index in [9.17, 15) is 0 Å². The Bertz CT molecular complexity index is 771. The lowest BCUT2D eigenvalue weighted by molar-refractivity contribution is 0.582. The minimum Gasteiger partial charge on any atom is -0.307 e. The van der Waals surface area contributed by atoms with Gasteiger partial charge in [0.1, 0.15) is 0 Å². The molecule has 22 heavy (non-hydrogen) atoms. The molecule has 3 heterocycles. The van der Waals surface area contributed by atoms with Crippen LogP contribution in [0.3, 0.4) is 0 Å². The zero-order valence-corrected chi connectivity index (χ0v) is 14.0. The number of hydrogen-bond donors (Lipinski definition) is 1. The Balaban J connectivity index is 1.51. The number of nitrogens with zero attached hydrogens (tertiary/aromatic N) is 4. The van der Waals surface area contributed by atoms with E-state index in [2.05, 4.69) is 51.8 Å². The van der Waals surface area contributed by atoms with E-state index in [1.807, 2.05) is 4.52 Å². The molecule has 4 rings (SSSR count). The summed E-state index contributed by atoms with van der Waals surface area (Å²) in [5, 5.41) is 16.7. The van der Waals surface area contributed by atoms with Crippen molar-refractivity contribution in [2.75, 3.05) is 6.54 Å². The van der Waals surface area contributed by atoms with Crippen LogP contribution in [-0.4, -0.2) is 26.4 Å². The summed E-state index contributed by atoms with van der Waals surface area (Å²) >= 11 is 3.37. The fourth-order valence-electron chi connectivity index (χ4n) is 2.62. The smallest absolute Gasteiger partial charge is 0.235 e. The molecular weight excluding hydrogens is 314 g/mol. The molecular formula is C15H17N5S2. The molecule has 1 fully saturated rings. The van der Waals surface area contributed by atoms with Gasteiger partial charge in [0.05, 0.1) is 6.04 Å². The molecule has 2 aromatic heterocycles. The highest BCUT2D eigenvalue weighted by Gasteiger charge is 2.23. The molecule has 1 aliphatic rings. The van der Waals surface area contributed by atoms with E-state index in [-0.39, 0.29) is 0 Å². The van der Waals surface area contributed by atoms with Crippen LogP contribution in [0, 0.1) is 6.92 Å². The number of thioether (sulfide) groups is 1. The van der Waals surface area contributed by atoms with Gasteiger partial charge in [-0.2, -0.15) is 4.52 Å². The first-order valence-corrected chi connectivity index (χ1v) is 9.24. The molecule has 0 radical (unpaired) electrons. The molecule has 1 aromatic carbocycles. The maximum Gasteiger partial charge on any atom is 0.235 e. The predicted octanol–water partition coefficient (Wildman–Crippen LogP) is 3.21. The van der Waals surface area contributed by atoms with Gasteiger partial charge in [-0.3, -0.25) is 0 Å². The van der Waals surface area contributed by atoms with Crippen molar-refractivity contribution in [2.45, 2.75) is 35.9 Å². The van der Waals surface area contributed by atoms with Crippen molar-refractivity contribution in [3.05, 3.63) is 41.2 Å². The first-order valence-electron chi connectivity index (χ1n) is 7.43. The second-order valence-corrected chi connectivity index (χ2v) is 7.72. The molecule has 1 N–H and O–H groups in total. The molecule has 1 aliphatic heterocycles.